The van der Waals surface area contributed by atoms with Crippen LogP contribution in [0.25, 0.3) is 0 Å². The second-order valence-corrected chi connectivity index (χ2v) is 5.32. The molecular formula is C18H29NO4. The number of carboxylic acids is 1. The number of carbonyl (C=O) groups is 1. The minimum Gasteiger partial charge on any atom is -0.481 e. The zero-order valence-electron chi connectivity index (χ0n) is 14.7. The van der Waals surface area contributed by atoms with Crippen LogP contribution in [0.1, 0.15) is 33.6 Å². The largest absolute Gasteiger partial charge is 0.481 e. The molecule has 0 aliphatic carbocycles. The van der Waals surface area contributed by atoms with E-state index in [1.165, 1.54) is 0 Å². The number of hydrogen-bond donors (Lipinski definition) is 1. The van der Waals surface area contributed by atoms with E-state index in [-0.39, 0.29) is 0 Å². The van der Waals surface area contributed by atoms with Gasteiger partial charge in [0.15, 0.2) is 0 Å². The number of allylic oxidation sites excluding steroid dienone is 3. The molecule has 1 N–H and O–H groups in total. The number of hydrogen-bond acceptors (Lipinski definition) is 4. The van der Waals surface area contributed by atoms with Gasteiger partial charge in [-0.15, -0.1) is 0 Å². The number of nitrogens with zero attached hydrogens (tertiary/aromatic N) is 1. The quantitative estimate of drug-likeness (QED) is 0.338. The van der Waals surface area contributed by atoms with Crippen molar-refractivity contribution in [2.24, 2.45) is 10.9 Å². The standard InChI is InChI=1S/C18H29NO4/c1-6-16(19-13-14(2)3)12-17(18(20)21)15(4)8-7-9-23-11-10-22-5/h6,8,13,17H,2,7,9-12H2,1,3-5H3,(H,20,21)/b15-8-,16-6-,19-13-/t17-/m1/s1. The Hall–Kier alpha value is -1.72. The SMILES string of the molecule is C=C(C)/C=N\C(=C/C)C[C@@H](C(=O)O)/C(C)=C\CCOCCOC. The molecule has 0 radical (unpaired) electrons. The van der Waals surface area contributed by atoms with Crippen molar-refractivity contribution >= 4 is 12.2 Å². The monoisotopic (exact) mass is 323 g/mol. The van der Waals surface area contributed by atoms with Crippen LogP contribution >= 0.6 is 0 Å². The van der Waals surface area contributed by atoms with Gasteiger partial charge < -0.3 is 14.6 Å². The highest BCUT2D eigenvalue weighted by molar-refractivity contribution is 5.78. The second-order valence-electron chi connectivity index (χ2n) is 5.32. The lowest BCUT2D eigenvalue weighted by molar-refractivity contribution is -0.140. The van der Waals surface area contributed by atoms with Crippen LogP contribution in [-0.4, -0.2) is 44.2 Å². The minimum absolute atomic E-state index is 0.364. The van der Waals surface area contributed by atoms with Crippen molar-refractivity contribution in [2.45, 2.75) is 33.6 Å². The Morgan fingerprint density at radius 3 is 2.52 bits per heavy atom. The van der Waals surface area contributed by atoms with Gasteiger partial charge in [-0.1, -0.05) is 24.3 Å². The average molecular weight is 323 g/mol. The maximum atomic E-state index is 11.5. The third-order valence-electron chi connectivity index (χ3n) is 3.21. The molecule has 5 heteroatoms. The van der Waals surface area contributed by atoms with Gasteiger partial charge in [-0.05, 0) is 32.8 Å². The first-order valence-electron chi connectivity index (χ1n) is 7.73. The first kappa shape index (κ1) is 21.3. The van der Waals surface area contributed by atoms with Crippen molar-refractivity contribution in [2.75, 3.05) is 26.9 Å². The highest BCUT2D eigenvalue weighted by Crippen LogP contribution is 2.21. The lowest BCUT2D eigenvalue weighted by Crippen LogP contribution is -2.16. The highest BCUT2D eigenvalue weighted by atomic mass is 16.5. The Morgan fingerprint density at radius 2 is 2.00 bits per heavy atom. The zero-order valence-corrected chi connectivity index (χ0v) is 14.7. The van der Waals surface area contributed by atoms with E-state index in [1.807, 2.05) is 32.9 Å². The normalized spacial score (nSPS) is 14.3. The summed E-state index contributed by atoms with van der Waals surface area (Å²) in [4.78, 5) is 15.8. The Bertz CT molecular complexity index is 464. The maximum Gasteiger partial charge on any atom is 0.311 e. The highest BCUT2D eigenvalue weighted by Gasteiger charge is 2.20. The maximum absolute atomic E-state index is 11.5. The van der Waals surface area contributed by atoms with E-state index >= 15 is 0 Å². The Balaban J connectivity index is 4.64. The first-order valence-corrected chi connectivity index (χ1v) is 7.73. The number of aliphatic imine (C=N–C) groups is 1. The Labute approximate surface area is 139 Å². The summed E-state index contributed by atoms with van der Waals surface area (Å²) in [6, 6.07) is 0. The molecule has 5 nitrogen and oxygen atoms in total. The summed E-state index contributed by atoms with van der Waals surface area (Å²) in [6.07, 6.45) is 6.44. The molecule has 0 aliphatic heterocycles. The summed E-state index contributed by atoms with van der Waals surface area (Å²) < 4.78 is 10.3. The van der Waals surface area contributed by atoms with Crippen molar-refractivity contribution in [1.82, 2.24) is 0 Å². The van der Waals surface area contributed by atoms with Crippen LogP contribution in [0.15, 0.2) is 40.6 Å². The van der Waals surface area contributed by atoms with E-state index < -0.39 is 11.9 Å². The van der Waals surface area contributed by atoms with Crippen molar-refractivity contribution < 1.29 is 19.4 Å². The van der Waals surface area contributed by atoms with E-state index in [0.717, 1.165) is 16.8 Å². The van der Waals surface area contributed by atoms with Crippen LogP contribution in [0.2, 0.25) is 0 Å². The summed E-state index contributed by atoms with van der Waals surface area (Å²) in [7, 11) is 1.63. The molecule has 0 unspecified atom stereocenters. The predicted molar refractivity (Wildman–Crippen MR) is 93.9 cm³/mol. The van der Waals surface area contributed by atoms with E-state index in [1.54, 1.807) is 13.3 Å². The summed E-state index contributed by atoms with van der Waals surface area (Å²) >= 11 is 0. The fourth-order valence-electron chi connectivity index (χ4n) is 1.85. The lowest BCUT2D eigenvalue weighted by Gasteiger charge is -2.14. The molecule has 0 aromatic rings. The minimum atomic E-state index is -0.844. The first-order chi connectivity index (χ1) is 10.9. The van der Waals surface area contributed by atoms with Crippen molar-refractivity contribution in [3.05, 3.63) is 35.6 Å². The van der Waals surface area contributed by atoms with Crippen LogP contribution in [0.5, 0.6) is 0 Å². The molecule has 0 saturated heterocycles. The number of aliphatic carboxylic acids is 1. The van der Waals surface area contributed by atoms with Gasteiger partial charge in [0, 0.05) is 25.4 Å². The molecule has 0 rings (SSSR count). The molecular weight excluding hydrogens is 294 g/mol. The third kappa shape index (κ3) is 10.6. The molecule has 1 atom stereocenters. The number of methoxy groups -OCH3 is 1. The summed E-state index contributed by atoms with van der Waals surface area (Å²) in [5.41, 5.74) is 2.39. The van der Waals surface area contributed by atoms with Gasteiger partial charge in [-0.3, -0.25) is 9.79 Å². The molecule has 0 bridgehead atoms. The van der Waals surface area contributed by atoms with Crippen LogP contribution in [0.4, 0.5) is 0 Å². The van der Waals surface area contributed by atoms with E-state index in [4.69, 9.17) is 9.47 Å². The van der Waals surface area contributed by atoms with Crippen LogP contribution in [0, 0.1) is 5.92 Å². The number of ether oxygens (including phenoxy) is 2. The molecule has 130 valence electrons. The smallest absolute Gasteiger partial charge is 0.311 e. The van der Waals surface area contributed by atoms with Crippen molar-refractivity contribution in [3.8, 4) is 0 Å². The molecule has 0 aromatic carbocycles. The van der Waals surface area contributed by atoms with E-state index in [9.17, 15) is 9.90 Å². The third-order valence-corrected chi connectivity index (χ3v) is 3.21. The Kier molecular flexibility index (Phi) is 11.8. The van der Waals surface area contributed by atoms with Gasteiger partial charge in [-0.25, -0.2) is 0 Å². The predicted octanol–water partition coefficient (Wildman–Crippen LogP) is 3.63. The van der Waals surface area contributed by atoms with Gasteiger partial charge in [0.05, 0.1) is 25.7 Å². The second kappa shape index (κ2) is 12.8. The molecule has 0 saturated carbocycles. The summed E-state index contributed by atoms with van der Waals surface area (Å²) in [6.45, 7) is 11.0. The molecule has 0 amide bonds. The fraction of sp³-hybridized carbons (Fsp3) is 0.556. The van der Waals surface area contributed by atoms with Gasteiger partial charge in [-0.2, -0.15) is 0 Å². The number of carboxylic acid groups (broad SMARTS) is 1. The number of rotatable bonds is 12. The van der Waals surface area contributed by atoms with E-state index in [2.05, 4.69) is 11.6 Å². The Morgan fingerprint density at radius 1 is 1.30 bits per heavy atom. The van der Waals surface area contributed by atoms with Crippen LogP contribution in [0.3, 0.4) is 0 Å². The van der Waals surface area contributed by atoms with Crippen molar-refractivity contribution in [1.29, 1.82) is 0 Å². The molecule has 23 heavy (non-hydrogen) atoms. The van der Waals surface area contributed by atoms with Gasteiger partial charge >= 0.3 is 5.97 Å². The van der Waals surface area contributed by atoms with Gasteiger partial charge in [0.25, 0.3) is 0 Å². The van der Waals surface area contributed by atoms with Crippen molar-refractivity contribution in [3.63, 3.8) is 0 Å². The zero-order chi connectivity index (χ0) is 17.7. The summed E-state index contributed by atoms with van der Waals surface area (Å²) in [5, 5.41) is 9.45. The molecule has 0 heterocycles. The topological polar surface area (TPSA) is 68.1 Å². The molecule has 0 spiro atoms. The van der Waals surface area contributed by atoms with E-state index in [0.29, 0.717) is 32.7 Å². The molecule has 0 aliphatic rings. The molecule has 0 aromatic heterocycles. The van der Waals surface area contributed by atoms with Gasteiger partial charge in [0.1, 0.15) is 0 Å². The fourth-order valence-corrected chi connectivity index (χ4v) is 1.85. The molecule has 0 fully saturated rings. The van der Waals surface area contributed by atoms with Crippen LogP contribution < -0.4 is 0 Å². The summed E-state index contributed by atoms with van der Waals surface area (Å²) in [5.74, 6) is -1.42. The average Bonchev–Trinajstić information content (AvgIpc) is 2.50. The lowest BCUT2D eigenvalue weighted by atomic mass is 9.94. The van der Waals surface area contributed by atoms with Crippen LogP contribution in [-0.2, 0) is 14.3 Å². The van der Waals surface area contributed by atoms with Gasteiger partial charge in [0.2, 0.25) is 0 Å².